The minimum absolute atomic E-state index is 0.0272. The summed E-state index contributed by atoms with van der Waals surface area (Å²) in [5.41, 5.74) is 0.968. The summed E-state index contributed by atoms with van der Waals surface area (Å²) in [5, 5.41) is 12.9. The van der Waals surface area contributed by atoms with E-state index in [1.54, 1.807) is 6.07 Å². The molecule has 0 radical (unpaired) electrons. The molecule has 3 rings (SSSR count). The molecule has 6 nitrogen and oxygen atoms in total. The average Bonchev–Trinajstić information content (AvgIpc) is 3.26. The highest BCUT2D eigenvalue weighted by Gasteiger charge is 2.22. The summed E-state index contributed by atoms with van der Waals surface area (Å²) in [7, 11) is 0. The van der Waals surface area contributed by atoms with Crippen molar-refractivity contribution in [3.05, 3.63) is 33.8 Å². The summed E-state index contributed by atoms with van der Waals surface area (Å²) in [6.07, 6.45) is 3.01. The Morgan fingerprint density at radius 3 is 3.12 bits per heavy atom. The van der Waals surface area contributed by atoms with Crippen LogP contribution in [0.3, 0.4) is 0 Å². The van der Waals surface area contributed by atoms with Crippen molar-refractivity contribution in [2.45, 2.75) is 38.7 Å². The number of ether oxygens (including phenoxy) is 2. The molecule has 1 amide bonds. The number of hydrogen-bond donors (Lipinski definition) is 1. The van der Waals surface area contributed by atoms with Crippen LogP contribution in [-0.4, -0.2) is 29.3 Å². The number of nitrogens with one attached hydrogen (secondary N) is 1. The molecule has 25 heavy (non-hydrogen) atoms. The highest BCUT2D eigenvalue weighted by molar-refractivity contribution is 7.15. The maximum absolute atomic E-state index is 12.0. The first-order valence-electron chi connectivity index (χ1n) is 8.25. The summed E-state index contributed by atoms with van der Waals surface area (Å²) in [4.78, 5) is 12.0. The molecule has 0 saturated carbocycles. The van der Waals surface area contributed by atoms with Gasteiger partial charge in [0.15, 0.2) is 0 Å². The van der Waals surface area contributed by atoms with Gasteiger partial charge in [-0.25, -0.2) is 0 Å². The number of nitrogens with zero attached hydrogens (tertiary/aromatic N) is 2. The number of carbonyl (C=O) groups is 1. The first-order chi connectivity index (χ1) is 12.1. The third-order valence-electron chi connectivity index (χ3n) is 3.84. The normalized spacial score (nSPS) is 16.8. The predicted octanol–water partition coefficient (Wildman–Crippen LogP) is 4.15. The van der Waals surface area contributed by atoms with Crippen molar-refractivity contribution < 1.29 is 14.3 Å². The lowest BCUT2D eigenvalue weighted by molar-refractivity contribution is -0.116. The fraction of sp³-hybridized carbons (Fsp3) is 0.471. The number of amides is 1. The number of halogens is 1. The van der Waals surface area contributed by atoms with E-state index in [1.807, 2.05) is 19.1 Å². The molecule has 1 aromatic heterocycles. The van der Waals surface area contributed by atoms with E-state index in [1.165, 1.54) is 11.3 Å². The van der Waals surface area contributed by atoms with Gasteiger partial charge in [0, 0.05) is 18.1 Å². The molecule has 1 aromatic carbocycles. The zero-order valence-corrected chi connectivity index (χ0v) is 15.5. The maximum atomic E-state index is 12.0. The van der Waals surface area contributed by atoms with Crippen LogP contribution in [0.1, 0.15) is 42.4 Å². The van der Waals surface area contributed by atoms with Crippen LogP contribution < -0.4 is 10.1 Å². The van der Waals surface area contributed by atoms with Crippen molar-refractivity contribution >= 4 is 34.0 Å². The SMILES string of the molecule is Cc1cc(OCCCC(=O)Nc2nnc(C3CCCO3)s2)ccc1Cl. The second-order valence-electron chi connectivity index (χ2n) is 5.86. The Kier molecular flexibility index (Phi) is 6.23. The predicted molar refractivity (Wildman–Crippen MR) is 97.4 cm³/mol. The topological polar surface area (TPSA) is 73.3 Å². The number of anilines is 1. The van der Waals surface area contributed by atoms with Crippen LogP contribution in [0.15, 0.2) is 18.2 Å². The van der Waals surface area contributed by atoms with Crippen LogP contribution in [0.4, 0.5) is 5.13 Å². The fourth-order valence-corrected chi connectivity index (χ4v) is 3.46. The number of aromatic nitrogens is 2. The molecule has 0 spiro atoms. The second-order valence-corrected chi connectivity index (χ2v) is 7.27. The van der Waals surface area contributed by atoms with Gasteiger partial charge in [-0.15, -0.1) is 10.2 Å². The van der Waals surface area contributed by atoms with E-state index in [4.69, 9.17) is 21.1 Å². The van der Waals surface area contributed by atoms with E-state index in [0.29, 0.717) is 29.6 Å². The van der Waals surface area contributed by atoms with Gasteiger partial charge in [0.05, 0.1) is 6.61 Å². The van der Waals surface area contributed by atoms with Gasteiger partial charge in [-0.1, -0.05) is 22.9 Å². The van der Waals surface area contributed by atoms with E-state index >= 15 is 0 Å². The molecule has 1 aliphatic heterocycles. The zero-order valence-electron chi connectivity index (χ0n) is 14.0. The van der Waals surface area contributed by atoms with Gasteiger partial charge in [0.25, 0.3) is 0 Å². The van der Waals surface area contributed by atoms with Crippen molar-refractivity contribution in [3.8, 4) is 5.75 Å². The third kappa shape index (κ3) is 5.14. The number of benzene rings is 1. The second kappa shape index (κ2) is 8.60. The van der Waals surface area contributed by atoms with Crippen molar-refractivity contribution in [3.63, 3.8) is 0 Å². The van der Waals surface area contributed by atoms with Gasteiger partial charge in [-0.05, 0) is 49.9 Å². The molecular formula is C17H20ClN3O3S. The summed E-state index contributed by atoms with van der Waals surface area (Å²) in [5.74, 6) is 0.665. The lowest BCUT2D eigenvalue weighted by Gasteiger charge is -2.07. The lowest BCUT2D eigenvalue weighted by Crippen LogP contribution is -2.12. The standard InChI is InChI=1S/C17H20ClN3O3S/c1-11-10-12(6-7-13(11)18)23-8-3-5-15(22)19-17-21-20-16(25-17)14-4-2-9-24-14/h6-7,10,14H,2-5,8-9H2,1H3,(H,19,21,22). The number of carbonyl (C=O) groups excluding carboxylic acids is 1. The molecule has 8 heteroatoms. The molecule has 2 heterocycles. The zero-order chi connectivity index (χ0) is 17.6. The smallest absolute Gasteiger partial charge is 0.226 e. The number of hydrogen-bond acceptors (Lipinski definition) is 6. The van der Waals surface area contributed by atoms with Gasteiger partial charge < -0.3 is 14.8 Å². The van der Waals surface area contributed by atoms with Crippen molar-refractivity contribution in [2.24, 2.45) is 0 Å². The van der Waals surface area contributed by atoms with Gasteiger partial charge in [-0.2, -0.15) is 0 Å². The first-order valence-corrected chi connectivity index (χ1v) is 9.45. The molecule has 1 N–H and O–H groups in total. The molecule has 134 valence electrons. The van der Waals surface area contributed by atoms with Crippen molar-refractivity contribution in [1.82, 2.24) is 10.2 Å². The minimum atomic E-state index is -0.0917. The van der Waals surface area contributed by atoms with Crippen LogP contribution >= 0.6 is 22.9 Å². The maximum Gasteiger partial charge on any atom is 0.226 e. The molecule has 1 aliphatic rings. The van der Waals surface area contributed by atoms with Gasteiger partial charge >= 0.3 is 0 Å². The Morgan fingerprint density at radius 2 is 2.36 bits per heavy atom. The summed E-state index contributed by atoms with van der Waals surface area (Å²) >= 11 is 7.35. The van der Waals surface area contributed by atoms with E-state index in [0.717, 1.165) is 35.8 Å². The Hall–Kier alpha value is -1.70. The van der Waals surface area contributed by atoms with Crippen molar-refractivity contribution in [1.29, 1.82) is 0 Å². The van der Waals surface area contributed by atoms with E-state index in [9.17, 15) is 4.79 Å². The first kappa shape index (κ1) is 18.1. The fourth-order valence-electron chi connectivity index (χ4n) is 2.50. The Morgan fingerprint density at radius 1 is 1.48 bits per heavy atom. The quantitative estimate of drug-likeness (QED) is 0.729. The van der Waals surface area contributed by atoms with Crippen LogP contribution in [-0.2, 0) is 9.53 Å². The van der Waals surface area contributed by atoms with E-state index in [-0.39, 0.29) is 12.0 Å². The minimum Gasteiger partial charge on any atom is -0.494 e. The highest BCUT2D eigenvalue weighted by atomic mass is 35.5. The van der Waals surface area contributed by atoms with Gasteiger partial charge in [0.2, 0.25) is 11.0 Å². The van der Waals surface area contributed by atoms with E-state index in [2.05, 4.69) is 15.5 Å². The number of rotatable bonds is 7. The summed E-state index contributed by atoms with van der Waals surface area (Å²) in [6, 6.07) is 5.51. The molecule has 0 aliphatic carbocycles. The van der Waals surface area contributed by atoms with Crippen LogP contribution in [0.5, 0.6) is 5.75 Å². The lowest BCUT2D eigenvalue weighted by atomic mass is 10.2. The molecule has 1 saturated heterocycles. The Labute approximate surface area is 155 Å². The molecule has 1 atom stereocenters. The van der Waals surface area contributed by atoms with E-state index < -0.39 is 0 Å². The highest BCUT2D eigenvalue weighted by Crippen LogP contribution is 2.31. The van der Waals surface area contributed by atoms with Crippen molar-refractivity contribution in [2.75, 3.05) is 18.5 Å². The third-order valence-corrected chi connectivity index (χ3v) is 5.19. The van der Waals surface area contributed by atoms with Gasteiger partial charge in [-0.3, -0.25) is 4.79 Å². The van der Waals surface area contributed by atoms with Crippen LogP contribution in [0.25, 0.3) is 0 Å². The molecular weight excluding hydrogens is 362 g/mol. The largest absolute Gasteiger partial charge is 0.494 e. The van der Waals surface area contributed by atoms with Crippen LogP contribution in [0.2, 0.25) is 5.02 Å². The number of aryl methyl sites for hydroxylation is 1. The monoisotopic (exact) mass is 381 g/mol. The molecule has 1 fully saturated rings. The Bertz CT molecular complexity index is 732. The van der Waals surface area contributed by atoms with Gasteiger partial charge in [0.1, 0.15) is 16.9 Å². The molecule has 2 aromatic rings. The molecule has 0 bridgehead atoms. The van der Waals surface area contributed by atoms with Crippen LogP contribution in [0, 0.1) is 6.92 Å². The summed E-state index contributed by atoms with van der Waals surface area (Å²) in [6.45, 7) is 3.15. The average molecular weight is 382 g/mol. The Balaban J connectivity index is 1.38. The molecule has 1 unspecified atom stereocenters. The summed E-state index contributed by atoms with van der Waals surface area (Å²) < 4.78 is 11.2.